The van der Waals surface area contributed by atoms with Crippen LogP contribution in [0.2, 0.25) is 0 Å². The summed E-state index contributed by atoms with van der Waals surface area (Å²) in [5.41, 5.74) is 0.751. The monoisotopic (exact) mass is 278 g/mol. The summed E-state index contributed by atoms with van der Waals surface area (Å²) in [5, 5.41) is 0.667. The summed E-state index contributed by atoms with van der Waals surface area (Å²) in [6.45, 7) is 2.97. The van der Waals surface area contributed by atoms with Crippen molar-refractivity contribution in [3.05, 3.63) is 40.4 Å². The molecule has 1 fully saturated rings. The van der Waals surface area contributed by atoms with Crippen LogP contribution in [0.1, 0.15) is 25.1 Å². The number of nitrogens with one attached hydrogen (secondary N) is 1. The highest BCUT2D eigenvalue weighted by molar-refractivity contribution is 5.77. The van der Waals surface area contributed by atoms with Crippen molar-refractivity contribution in [2.45, 2.75) is 25.8 Å². The predicted octanol–water partition coefficient (Wildman–Crippen LogP) is -1.09. The molecular weight excluding hydrogens is 262 g/mol. The zero-order chi connectivity index (χ0) is 12.4. The number of aromatic amines is 1. The minimum atomic E-state index is -0.0346. The first-order valence-corrected chi connectivity index (χ1v) is 6.53. The second-order valence-corrected chi connectivity index (χ2v) is 4.87. The Bertz CT molecular complexity index is 605. The molecule has 1 aromatic carbocycles. The first-order chi connectivity index (χ1) is 8.83. The topological polar surface area (TPSA) is 49.0 Å². The first-order valence-electron chi connectivity index (χ1n) is 6.53. The van der Waals surface area contributed by atoms with E-state index >= 15 is 0 Å². The number of likely N-dealkylation sites (tertiary alicyclic amines) is 1. The quantitative estimate of drug-likeness (QED) is 0.760. The second-order valence-electron chi connectivity index (χ2n) is 4.87. The maximum atomic E-state index is 11.9. The van der Waals surface area contributed by atoms with Gasteiger partial charge in [-0.3, -0.25) is 9.69 Å². The van der Waals surface area contributed by atoms with E-state index in [0.29, 0.717) is 5.39 Å². The molecule has 0 amide bonds. The van der Waals surface area contributed by atoms with Gasteiger partial charge < -0.3 is 17.4 Å². The highest BCUT2D eigenvalue weighted by atomic mass is 35.5. The van der Waals surface area contributed by atoms with Crippen molar-refractivity contribution < 1.29 is 12.4 Å². The van der Waals surface area contributed by atoms with Gasteiger partial charge in [0, 0.05) is 0 Å². The zero-order valence-electron chi connectivity index (χ0n) is 10.7. The van der Waals surface area contributed by atoms with Crippen LogP contribution in [-0.4, -0.2) is 28.0 Å². The zero-order valence-corrected chi connectivity index (χ0v) is 11.5. The Morgan fingerprint density at radius 2 is 1.89 bits per heavy atom. The molecule has 0 spiro atoms. The lowest BCUT2D eigenvalue weighted by Gasteiger charge is -2.25. The van der Waals surface area contributed by atoms with Gasteiger partial charge in [-0.25, -0.2) is 4.98 Å². The summed E-state index contributed by atoms with van der Waals surface area (Å²) in [5.74, 6) is 0.778. The average molecular weight is 279 g/mol. The van der Waals surface area contributed by atoms with Crippen molar-refractivity contribution in [3.63, 3.8) is 0 Å². The number of halogens is 1. The summed E-state index contributed by atoms with van der Waals surface area (Å²) in [6.07, 6.45) is 3.81. The Kier molecular flexibility index (Phi) is 4.56. The van der Waals surface area contributed by atoms with Crippen LogP contribution in [0.25, 0.3) is 10.9 Å². The summed E-state index contributed by atoms with van der Waals surface area (Å²) in [6, 6.07) is 7.49. The van der Waals surface area contributed by atoms with Crippen LogP contribution in [0.4, 0.5) is 0 Å². The molecule has 1 saturated heterocycles. The Labute approximate surface area is 118 Å². The number of fused-ring (bicyclic) bond motifs is 1. The molecule has 5 heteroatoms. The lowest BCUT2D eigenvalue weighted by atomic mass is 10.1. The molecule has 1 aromatic heterocycles. The molecule has 0 aliphatic carbocycles. The summed E-state index contributed by atoms with van der Waals surface area (Å²) < 4.78 is 0. The molecule has 0 bridgehead atoms. The Hall–Kier alpha value is -1.39. The number of hydrogen-bond donors (Lipinski definition) is 1. The van der Waals surface area contributed by atoms with Crippen molar-refractivity contribution in [1.29, 1.82) is 0 Å². The van der Waals surface area contributed by atoms with Crippen molar-refractivity contribution in [2.75, 3.05) is 13.1 Å². The van der Waals surface area contributed by atoms with Gasteiger partial charge in [0.2, 0.25) is 0 Å². The summed E-state index contributed by atoms with van der Waals surface area (Å²) in [4.78, 5) is 21.7. The third kappa shape index (κ3) is 3.14. The van der Waals surface area contributed by atoms with E-state index in [2.05, 4.69) is 14.9 Å². The van der Waals surface area contributed by atoms with E-state index in [-0.39, 0.29) is 18.0 Å². The van der Waals surface area contributed by atoms with Crippen LogP contribution in [0.3, 0.4) is 0 Å². The van der Waals surface area contributed by atoms with E-state index in [9.17, 15) is 4.79 Å². The Balaban J connectivity index is 0.00000133. The average Bonchev–Trinajstić information content (AvgIpc) is 2.40. The number of aromatic nitrogens is 2. The highest BCUT2D eigenvalue weighted by Gasteiger charge is 2.12. The van der Waals surface area contributed by atoms with E-state index in [4.69, 9.17) is 0 Å². The number of nitrogens with zero attached hydrogens (tertiary/aromatic N) is 2. The van der Waals surface area contributed by atoms with Crippen molar-refractivity contribution in [2.24, 2.45) is 0 Å². The lowest BCUT2D eigenvalue weighted by Crippen LogP contribution is -3.00. The molecule has 102 valence electrons. The predicted molar refractivity (Wildman–Crippen MR) is 71.5 cm³/mol. The van der Waals surface area contributed by atoms with Gasteiger partial charge in [0.1, 0.15) is 5.82 Å². The number of rotatable bonds is 2. The fraction of sp³-hybridized carbons (Fsp3) is 0.429. The first kappa shape index (κ1) is 14.0. The van der Waals surface area contributed by atoms with Crippen LogP contribution in [0.5, 0.6) is 0 Å². The van der Waals surface area contributed by atoms with Gasteiger partial charge in [-0.15, -0.1) is 0 Å². The lowest BCUT2D eigenvalue weighted by molar-refractivity contribution is -0.00000391. The minimum absolute atomic E-state index is 0. The minimum Gasteiger partial charge on any atom is -1.00 e. The maximum absolute atomic E-state index is 11.9. The number of benzene rings is 1. The van der Waals surface area contributed by atoms with Gasteiger partial charge in [-0.1, -0.05) is 18.6 Å². The van der Waals surface area contributed by atoms with E-state index in [1.807, 2.05) is 24.3 Å². The third-order valence-corrected chi connectivity index (χ3v) is 3.48. The van der Waals surface area contributed by atoms with E-state index in [1.165, 1.54) is 19.3 Å². The van der Waals surface area contributed by atoms with Gasteiger partial charge in [-0.2, -0.15) is 0 Å². The van der Waals surface area contributed by atoms with E-state index in [0.717, 1.165) is 31.0 Å². The third-order valence-electron chi connectivity index (χ3n) is 3.48. The normalized spacial score (nSPS) is 16.2. The largest absolute Gasteiger partial charge is 1.00 e. The molecule has 1 aliphatic rings. The van der Waals surface area contributed by atoms with Gasteiger partial charge in [0.25, 0.3) is 5.56 Å². The molecule has 0 radical (unpaired) electrons. The van der Waals surface area contributed by atoms with Crippen molar-refractivity contribution >= 4 is 10.9 Å². The van der Waals surface area contributed by atoms with Gasteiger partial charge >= 0.3 is 0 Å². The Morgan fingerprint density at radius 1 is 1.16 bits per heavy atom. The van der Waals surface area contributed by atoms with Crippen molar-refractivity contribution in [3.8, 4) is 0 Å². The van der Waals surface area contributed by atoms with Crippen LogP contribution in [0, 0.1) is 0 Å². The van der Waals surface area contributed by atoms with E-state index < -0.39 is 0 Å². The maximum Gasteiger partial charge on any atom is 0.258 e. The molecule has 4 nitrogen and oxygen atoms in total. The number of para-hydroxylation sites is 1. The molecule has 2 heterocycles. The molecule has 0 atom stereocenters. The number of piperidine rings is 1. The molecule has 19 heavy (non-hydrogen) atoms. The van der Waals surface area contributed by atoms with Crippen LogP contribution in [0.15, 0.2) is 29.1 Å². The molecule has 0 unspecified atom stereocenters. The summed E-state index contributed by atoms with van der Waals surface area (Å²) >= 11 is 0. The second kappa shape index (κ2) is 6.17. The molecular formula is C14H17ClN3O-. The molecule has 1 aliphatic heterocycles. The molecule has 0 saturated carbocycles. The fourth-order valence-electron chi connectivity index (χ4n) is 2.54. The van der Waals surface area contributed by atoms with Crippen molar-refractivity contribution in [1.82, 2.24) is 14.9 Å². The van der Waals surface area contributed by atoms with Crippen LogP contribution < -0.4 is 18.0 Å². The SMILES string of the molecule is O=c1[nH]c(CN2CCCCC2)nc2ccccc12.[Cl-]. The van der Waals surface area contributed by atoms with Gasteiger partial charge in [-0.05, 0) is 38.1 Å². The molecule has 3 rings (SSSR count). The Morgan fingerprint density at radius 3 is 2.68 bits per heavy atom. The fourth-order valence-corrected chi connectivity index (χ4v) is 2.54. The van der Waals surface area contributed by atoms with Crippen LogP contribution >= 0.6 is 0 Å². The van der Waals surface area contributed by atoms with Gasteiger partial charge in [0.05, 0.1) is 17.4 Å². The smallest absolute Gasteiger partial charge is 0.258 e. The highest BCUT2D eigenvalue weighted by Crippen LogP contribution is 2.12. The van der Waals surface area contributed by atoms with E-state index in [1.54, 1.807) is 0 Å². The summed E-state index contributed by atoms with van der Waals surface area (Å²) in [7, 11) is 0. The van der Waals surface area contributed by atoms with Crippen LogP contribution in [-0.2, 0) is 6.54 Å². The standard InChI is InChI=1S/C14H17N3O.ClH/c18-14-11-6-2-3-7-12(11)15-13(16-14)10-17-8-4-1-5-9-17;/h2-3,6-7H,1,4-5,8-10H2,(H,15,16,18);1H/p-1. The van der Waals surface area contributed by atoms with Gasteiger partial charge in [0.15, 0.2) is 0 Å². The number of H-pyrrole nitrogens is 1. The molecule has 1 N–H and O–H groups in total. The number of hydrogen-bond acceptors (Lipinski definition) is 3. The molecule has 2 aromatic rings.